The summed E-state index contributed by atoms with van der Waals surface area (Å²) in [5, 5.41) is 32.2. The fourth-order valence-electron chi connectivity index (χ4n) is 5.79. The molecule has 2 aliphatic heterocycles. The molecule has 2 aromatic rings. The second-order valence-electron chi connectivity index (χ2n) is 11.4. The molecule has 1 fully saturated rings. The van der Waals surface area contributed by atoms with Crippen LogP contribution in [0.4, 0.5) is 0 Å². The van der Waals surface area contributed by atoms with Gasteiger partial charge in [0.1, 0.15) is 40.4 Å². The minimum absolute atomic E-state index is 0.0303. The molecule has 0 spiro atoms. The number of aliphatic hydroxyl groups is 3. The van der Waals surface area contributed by atoms with Crippen molar-refractivity contribution in [3.05, 3.63) is 32.7 Å². The van der Waals surface area contributed by atoms with E-state index in [1.54, 1.807) is 35.4 Å². The van der Waals surface area contributed by atoms with Gasteiger partial charge in [0.2, 0.25) is 0 Å². The Morgan fingerprint density at radius 1 is 1.20 bits per heavy atom. The quantitative estimate of drug-likeness (QED) is 0.181. The van der Waals surface area contributed by atoms with E-state index in [0.29, 0.717) is 57.9 Å². The molecule has 12 heteroatoms. The van der Waals surface area contributed by atoms with Gasteiger partial charge in [0.25, 0.3) is 0 Å². The van der Waals surface area contributed by atoms with Crippen LogP contribution in [-0.2, 0) is 18.6 Å². The Morgan fingerprint density at radius 3 is 2.62 bits per heavy atom. The van der Waals surface area contributed by atoms with Crippen molar-refractivity contribution < 1.29 is 29.2 Å². The standard InChI is InChI=1S/C28H39N3O7S2/c1-28(2,35)20-11-17-23(37-20)18-13-40-39-12-14(31-27(29)30)10-19(33)24-16(8-5-9-32)22(34)21(26(18)38-24)25(17)36-15-6-3-4-7-15/h14-15,19-20,32-33,35H,3-13H2,1-2H3,(H4,29,30,31)/t14-,19-,20+/m1/s1. The van der Waals surface area contributed by atoms with Gasteiger partial charge in [-0.25, -0.2) is 4.99 Å². The number of aliphatic imine (C=N–C) groups is 1. The van der Waals surface area contributed by atoms with E-state index < -0.39 is 23.9 Å². The molecule has 10 nitrogen and oxygen atoms in total. The second-order valence-corrected chi connectivity index (χ2v) is 13.9. The van der Waals surface area contributed by atoms with Gasteiger partial charge >= 0.3 is 0 Å². The van der Waals surface area contributed by atoms with Crippen LogP contribution in [0.25, 0.3) is 11.0 Å². The largest absolute Gasteiger partial charge is 0.489 e. The molecule has 5 rings (SSSR count). The van der Waals surface area contributed by atoms with Gasteiger partial charge in [-0.05, 0) is 52.4 Å². The Balaban J connectivity index is 1.77. The highest BCUT2D eigenvalue weighted by atomic mass is 33.1. The van der Waals surface area contributed by atoms with Crippen LogP contribution in [0.5, 0.6) is 11.5 Å². The summed E-state index contributed by atoms with van der Waals surface area (Å²) in [4.78, 5) is 18.7. The maximum Gasteiger partial charge on any atom is 0.200 e. The molecule has 0 radical (unpaired) electrons. The number of hydrogen-bond donors (Lipinski definition) is 5. The van der Waals surface area contributed by atoms with E-state index >= 15 is 0 Å². The lowest BCUT2D eigenvalue weighted by atomic mass is 9.93. The van der Waals surface area contributed by atoms with Crippen LogP contribution in [0.1, 0.15) is 80.9 Å². The van der Waals surface area contributed by atoms with E-state index in [2.05, 4.69) is 4.99 Å². The molecule has 7 N–H and O–H groups in total. The van der Waals surface area contributed by atoms with Crippen LogP contribution in [0.3, 0.4) is 0 Å². The maximum absolute atomic E-state index is 14.4. The molecule has 0 amide bonds. The van der Waals surface area contributed by atoms with Crippen LogP contribution in [0, 0.1) is 0 Å². The van der Waals surface area contributed by atoms with Crippen LogP contribution in [0.15, 0.2) is 14.2 Å². The summed E-state index contributed by atoms with van der Waals surface area (Å²) in [5.74, 6) is 2.10. The fourth-order valence-corrected chi connectivity index (χ4v) is 8.08. The van der Waals surface area contributed by atoms with Crippen molar-refractivity contribution in [3.8, 4) is 11.5 Å². The number of hydrogen-bond acceptors (Lipinski definition) is 10. The van der Waals surface area contributed by atoms with Crippen molar-refractivity contribution in [2.45, 2.75) is 101 Å². The minimum Gasteiger partial charge on any atom is -0.489 e. The van der Waals surface area contributed by atoms with E-state index in [0.717, 1.165) is 31.2 Å². The summed E-state index contributed by atoms with van der Waals surface area (Å²) in [6.07, 6.45) is 3.32. The van der Waals surface area contributed by atoms with E-state index in [1.807, 2.05) is 0 Å². The maximum atomic E-state index is 14.4. The summed E-state index contributed by atoms with van der Waals surface area (Å²) < 4.78 is 19.5. The van der Waals surface area contributed by atoms with E-state index in [9.17, 15) is 20.1 Å². The fraction of sp³-hybridized carbons (Fsp3) is 0.643. The van der Waals surface area contributed by atoms with Crippen molar-refractivity contribution in [2.24, 2.45) is 16.5 Å². The first-order chi connectivity index (χ1) is 19.1. The van der Waals surface area contributed by atoms with Gasteiger partial charge in [0.15, 0.2) is 11.4 Å². The lowest BCUT2D eigenvalue weighted by molar-refractivity contribution is -0.0231. The van der Waals surface area contributed by atoms with E-state index in [1.165, 1.54) is 0 Å². The first kappa shape index (κ1) is 29.4. The van der Waals surface area contributed by atoms with E-state index in [4.69, 9.17) is 25.4 Å². The zero-order valence-electron chi connectivity index (χ0n) is 23.0. The highest BCUT2D eigenvalue weighted by Gasteiger charge is 2.41. The monoisotopic (exact) mass is 593 g/mol. The van der Waals surface area contributed by atoms with Crippen molar-refractivity contribution >= 4 is 38.5 Å². The molecule has 2 bridgehead atoms. The zero-order valence-corrected chi connectivity index (χ0v) is 24.6. The zero-order chi connectivity index (χ0) is 28.6. The third-order valence-electron chi connectivity index (χ3n) is 7.85. The van der Waals surface area contributed by atoms with Crippen molar-refractivity contribution in [2.75, 3.05) is 12.4 Å². The van der Waals surface area contributed by atoms with E-state index in [-0.39, 0.29) is 42.7 Å². The molecule has 1 aromatic carbocycles. The molecule has 0 unspecified atom stereocenters. The van der Waals surface area contributed by atoms with Gasteiger partial charge < -0.3 is 40.7 Å². The molecule has 3 aliphatic rings. The SMILES string of the molecule is CC(C)(O)[C@@H]1Cc2c(c3c4oc(c(CCCO)c(=O)c4c2OC2CCCC2)[C@H](O)C[C@@H](N=C(N)N)CSSC3)O1. The number of ether oxygens (including phenoxy) is 2. The molecular formula is C28H39N3O7S2. The Labute approximate surface area is 241 Å². The average molecular weight is 594 g/mol. The van der Waals surface area contributed by atoms with Crippen LogP contribution < -0.4 is 26.4 Å². The van der Waals surface area contributed by atoms with Gasteiger partial charge in [-0.15, -0.1) is 0 Å². The smallest absolute Gasteiger partial charge is 0.200 e. The van der Waals surface area contributed by atoms with Gasteiger partial charge in [-0.2, -0.15) is 0 Å². The molecule has 3 heterocycles. The molecule has 1 aromatic heterocycles. The topological polar surface area (TPSA) is 174 Å². The van der Waals surface area contributed by atoms with Crippen LogP contribution >= 0.6 is 21.6 Å². The summed E-state index contributed by atoms with van der Waals surface area (Å²) >= 11 is 0. The Hall–Kier alpha value is -2.12. The second kappa shape index (κ2) is 12.0. The number of nitrogens with zero attached hydrogens (tertiary/aromatic N) is 1. The van der Waals surface area contributed by atoms with Crippen molar-refractivity contribution in [3.63, 3.8) is 0 Å². The predicted octanol–water partition coefficient (Wildman–Crippen LogP) is 3.07. The Morgan fingerprint density at radius 2 is 1.95 bits per heavy atom. The number of fused-ring (bicyclic) bond motifs is 3. The number of guanidine groups is 1. The molecule has 220 valence electrons. The molecule has 1 aliphatic carbocycles. The normalized spacial score (nSPS) is 23.6. The molecule has 0 saturated heterocycles. The lowest BCUT2D eigenvalue weighted by Gasteiger charge is -2.25. The van der Waals surface area contributed by atoms with Gasteiger partial charge in [0, 0.05) is 47.6 Å². The van der Waals surface area contributed by atoms with Crippen molar-refractivity contribution in [1.82, 2.24) is 0 Å². The molecular weight excluding hydrogens is 554 g/mol. The number of rotatable bonds is 7. The molecule has 40 heavy (non-hydrogen) atoms. The summed E-state index contributed by atoms with van der Waals surface area (Å²) in [6, 6.07) is -0.395. The Kier molecular flexibility index (Phi) is 8.82. The third-order valence-corrected chi connectivity index (χ3v) is 10.2. The van der Waals surface area contributed by atoms with Gasteiger partial charge in [0.05, 0.1) is 17.7 Å². The Bertz CT molecular complexity index is 1330. The lowest BCUT2D eigenvalue weighted by Crippen LogP contribution is -2.39. The highest BCUT2D eigenvalue weighted by molar-refractivity contribution is 8.76. The summed E-state index contributed by atoms with van der Waals surface area (Å²) in [7, 11) is 3.12. The van der Waals surface area contributed by atoms with Crippen LogP contribution in [-0.4, -0.2) is 57.5 Å². The number of nitrogens with two attached hydrogens (primary N) is 2. The highest BCUT2D eigenvalue weighted by Crippen LogP contribution is 2.50. The van der Waals surface area contributed by atoms with Gasteiger partial charge in [-0.1, -0.05) is 21.6 Å². The van der Waals surface area contributed by atoms with Crippen molar-refractivity contribution in [1.29, 1.82) is 0 Å². The summed E-state index contributed by atoms with van der Waals surface area (Å²) in [6.45, 7) is 3.31. The third kappa shape index (κ3) is 5.92. The average Bonchev–Trinajstić information content (AvgIpc) is 3.56. The number of benzene rings is 1. The van der Waals surface area contributed by atoms with Crippen LogP contribution in [0.2, 0.25) is 0 Å². The number of aliphatic hydroxyl groups excluding tert-OH is 2. The first-order valence-electron chi connectivity index (χ1n) is 13.9. The minimum atomic E-state index is -1.15. The van der Waals surface area contributed by atoms with Gasteiger partial charge in [-0.3, -0.25) is 4.79 Å². The summed E-state index contributed by atoms with van der Waals surface area (Å²) in [5.41, 5.74) is 12.1. The first-order valence-corrected chi connectivity index (χ1v) is 16.4. The molecule has 3 atom stereocenters. The molecule has 1 saturated carbocycles. The predicted molar refractivity (Wildman–Crippen MR) is 158 cm³/mol.